The number of nitrogen functional groups attached to an aromatic ring is 1. The quantitative estimate of drug-likeness (QED) is 0.566. The Hall–Kier alpha value is -1.71. The molecular weight excluding hydrogens is 180 g/mol. The maximum absolute atomic E-state index is 11.2. The van der Waals surface area contributed by atoms with Gasteiger partial charge in [-0.1, -0.05) is 0 Å². The number of esters is 1. The van der Waals surface area contributed by atoms with Crippen molar-refractivity contribution >= 4 is 17.3 Å². The molecule has 0 aromatic heterocycles. The monoisotopic (exact) mass is 194 g/mol. The summed E-state index contributed by atoms with van der Waals surface area (Å²) in [4.78, 5) is 13.0. The second kappa shape index (κ2) is 4.00. The number of anilines is 2. The van der Waals surface area contributed by atoms with Crippen LogP contribution in [0.25, 0.3) is 0 Å². The molecule has 2 N–H and O–H groups in total. The summed E-state index contributed by atoms with van der Waals surface area (Å²) in [5, 5.41) is 0. The number of methoxy groups -OCH3 is 1. The van der Waals surface area contributed by atoms with Crippen LogP contribution >= 0.6 is 0 Å². The number of ether oxygens (including phenoxy) is 1. The van der Waals surface area contributed by atoms with Crippen LogP contribution in [0.15, 0.2) is 18.2 Å². The molecule has 1 aromatic carbocycles. The highest BCUT2D eigenvalue weighted by Crippen LogP contribution is 2.22. The summed E-state index contributed by atoms with van der Waals surface area (Å²) in [5.41, 5.74) is 7.69. The van der Waals surface area contributed by atoms with Crippen molar-refractivity contribution in [3.05, 3.63) is 23.8 Å². The van der Waals surface area contributed by atoms with Gasteiger partial charge in [0.15, 0.2) is 0 Å². The van der Waals surface area contributed by atoms with Crippen LogP contribution in [-0.2, 0) is 4.74 Å². The molecule has 76 valence electrons. The van der Waals surface area contributed by atoms with Gasteiger partial charge in [-0.2, -0.15) is 0 Å². The molecule has 0 aliphatic heterocycles. The van der Waals surface area contributed by atoms with E-state index in [-0.39, 0.29) is 5.97 Å². The second-order valence-corrected chi connectivity index (χ2v) is 3.16. The first-order valence-electron chi connectivity index (χ1n) is 4.21. The molecule has 4 heteroatoms. The molecule has 0 atom stereocenters. The van der Waals surface area contributed by atoms with Gasteiger partial charge >= 0.3 is 5.97 Å². The summed E-state index contributed by atoms with van der Waals surface area (Å²) in [7, 11) is 5.13. The zero-order valence-electron chi connectivity index (χ0n) is 8.57. The molecule has 0 spiro atoms. The first-order valence-corrected chi connectivity index (χ1v) is 4.21. The van der Waals surface area contributed by atoms with Crippen molar-refractivity contribution in [3.8, 4) is 0 Å². The van der Waals surface area contributed by atoms with Gasteiger partial charge in [0.1, 0.15) is 0 Å². The number of carbonyl (C=O) groups excluding carboxylic acids is 1. The number of rotatable bonds is 2. The molecule has 4 nitrogen and oxygen atoms in total. The molecule has 0 saturated heterocycles. The van der Waals surface area contributed by atoms with Gasteiger partial charge in [-0.05, 0) is 18.2 Å². The largest absolute Gasteiger partial charge is 0.465 e. The van der Waals surface area contributed by atoms with E-state index >= 15 is 0 Å². The van der Waals surface area contributed by atoms with Crippen LogP contribution in [0.3, 0.4) is 0 Å². The first-order chi connectivity index (χ1) is 6.56. The maximum atomic E-state index is 11.2. The first kappa shape index (κ1) is 10.4. The fourth-order valence-electron chi connectivity index (χ4n) is 1.21. The van der Waals surface area contributed by atoms with Crippen LogP contribution in [0.1, 0.15) is 10.4 Å². The number of nitrogens with zero attached hydrogens (tertiary/aromatic N) is 1. The van der Waals surface area contributed by atoms with Crippen molar-refractivity contribution in [3.63, 3.8) is 0 Å². The smallest absolute Gasteiger partial charge is 0.337 e. The van der Waals surface area contributed by atoms with E-state index in [2.05, 4.69) is 4.74 Å². The third kappa shape index (κ3) is 1.96. The minimum Gasteiger partial charge on any atom is -0.465 e. The average Bonchev–Trinajstić information content (AvgIpc) is 2.15. The van der Waals surface area contributed by atoms with Gasteiger partial charge in [0.05, 0.1) is 24.0 Å². The van der Waals surface area contributed by atoms with E-state index in [1.165, 1.54) is 7.11 Å². The molecule has 1 aromatic rings. The molecule has 0 fully saturated rings. The zero-order valence-corrected chi connectivity index (χ0v) is 8.57. The number of hydrogen-bond acceptors (Lipinski definition) is 4. The van der Waals surface area contributed by atoms with Crippen molar-refractivity contribution in [2.45, 2.75) is 0 Å². The number of carbonyl (C=O) groups is 1. The van der Waals surface area contributed by atoms with Crippen molar-refractivity contribution in [2.75, 3.05) is 31.8 Å². The normalized spacial score (nSPS) is 9.64. The Morgan fingerprint density at radius 3 is 2.50 bits per heavy atom. The fraction of sp³-hybridized carbons (Fsp3) is 0.300. The standard InChI is InChI=1S/C10H14N2O2/c1-12(2)9-5-4-7(6-8(9)11)10(13)14-3/h4-6H,11H2,1-3H3. The zero-order chi connectivity index (χ0) is 10.7. The van der Waals surface area contributed by atoms with Gasteiger partial charge in [0, 0.05) is 14.1 Å². The summed E-state index contributed by atoms with van der Waals surface area (Å²) < 4.78 is 4.58. The molecule has 0 amide bonds. The van der Waals surface area contributed by atoms with E-state index in [9.17, 15) is 4.79 Å². The second-order valence-electron chi connectivity index (χ2n) is 3.16. The molecule has 0 radical (unpaired) electrons. The van der Waals surface area contributed by atoms with E-state index in [1.54, 1.807) is 18.2 Å². The molecule has 0 saturated carbocycles. The number of benzene rings is 1. The van der Waals surface area contributed by atoms with Crippen molar-refractivity contribution in [1.29, 1.82) is 0 Å². The lowest BCUT2D eigenvalue weighted by molar-refractivity contribution is 0.0601. The van der Waals surface area contributed by atoms with Gasteiger partial charge in [0.25, 0.3) is 0 Å². The highest BCUT2D eigenvalue weighted by Gasteiger charge is 2.08. The van der Waals surface area contributed by atoms with Gasteiger partial charge in [-0.25, -0.2) is 4.79 Å². The van der Waals surface area contributed by atoms with Crippen LogP contribution in [0.4, 0.5) is 11.4 Å². The minimum atomic E-state index is -0.373. The lowest BCUT2D eigenvalue weighted by Crippen LogP contribution is -2.12. The predicted molar refractivity (Wildman–Crippen MR) is 56.5 cm³/mol. The molecule has 1 rings (SSSR count). The van der Waals surface area contributed by atoms with Crippen LogP contribution < -0.4 is 10.6 Å². The summed E-state index contributed by atoms with van der Waals surface area (Å²) in [6.45, 7) is 0. The highest BCUT2D eigenvalue weighted by molar-refractivity contribution is 5.91. The van der Waals surface area contributed by atoms with Gasteiger partial charge < -0.3 is 15.4 Å². The number of nitrogens with two attached hydrogens (primary N) is 1. The summed E-state index contributed by atoms with van der Waals surface area (Å²) in [6, 6.07) is 5.10. The van der Waals surface area contributed by atoms with Crippen molar-refractivity contribution in [2.24, 2.45) is 0 Å². The molecule has 14 heavy (non-hydrogen) atoms. The molecule has 0 bridgehead atoms. The van der Waals surface area contributed by atoms with E-state index < -0.39 is 0 Å². The van der Waals surface area contributed by atoms with E-state index in [0.717, 1.165) is 5.69 Å². The fourth-order valence-corrected chi connectivity index (χ4v) is 1.21. The summed E-state index contributed by atoms with van der Waals surface area (Å²) >= 11 is 0. The van der Waals surface area contributed by atoms with Crippen molar-refractivity contribution < 1.29 is 9.53 Å². The molecule has 0 aliphatic rings. The van der Waals surface area contributed by atoms with E-state index in [0.29, 0.717) is 11.3 Å². The SMILES string of the molecule is COC(=O)c1ccc(N(C)C)c(N)c1. The summed E-state index contributed by atoms with van der Waals surface area (Å²) in [5.74, 6) is -0.373. The van der Waals surface area contributed by atoms with Crippen LogP contribution in [0, 0.1) is 0 Å². The molecule has 0 aliphatic carbocycles. The average molecular weight is 194 g/mol. The molecule has 0 heterocycles. The highest BCUT2D eigenvalue weighted by atomic mass is 16.5. The van der Waals surface area contributed by atoms with Gasteiger partial charge in [0.2, 0.25) is 0 Å². The Labute approximate surface area is 83.3 Å². The third-order valence-electron chi connectivity index (χ3n) is 1.93. The molecular formula is C10H14N2O2. The van der Waals surface area contributed by atoms with Crippen LogP contribution in [-0.4, -0.2) is 27.2 Å². The maximum Gasteiger partial charge on any atom is 0.337 e. The Morgan fingerprint density at radius 2 is 2.07 bits per heavy atom. The summed E-state index contributed by atoms with van der Waals surface area (Å²) in [6.07, 6.45) is 0. The third-order valence-corrected chi connectivity index (χ3v) is 1.93. The predicted octanol–water partition coefficient (Wildman–Crippen LogP) is 1.12. The molecule has 0 unspecified atom stereocenters. The van der Waals surface area contributed by atoms with Gasteiger partial charge in [-0.3, -0.25) is 0 Å². The van der Waals surface area contributed by atoms with Crippen molar-refractivity contribution in [1.82, 2.24) is 0 Å². The van der Waals surface area contributed by atoms with Crippen LogP contribution in [0.5, 0.6) is 0 Å². The van der Waals surface area contributed by atoms with Crippen LogP contribution in [0.2, 0.25) is 0 Å². The Balaban J connectivity index is 3.06. The Kier molecular flexibility index (Phi) is 2.96. The lowest BCUT2D eigenvalue weighted by atomic mass is 10.1. The van der Waals surface area contributed by atoms with E-state index in [4.69, 9.17) is 5.73 Å². The Morgan fingerprint density at radius 1 is 1.43 bits per heavy atom. The number of hydrogen-bond donors (Lipinski definition) is 1. The minimum absolute atomic E-state index is 0.373. The lowest BCUT2D eigenvalue weighted by Gasteiger charge is -2.15. The van der Waals surface area contributed by atoms with Gasteiger partial charge in [-0.15, -0.1) is 0 Å². The van der Waals surface area contributed by atoms with E-state index in [1.807, 2.05) is 19.0 Å². The topological polar surface area (TPSA) is 55.6 Å². The Bertz CT molecular complexity index is 348.